The maximum Gasteiger partial charge on any atom is 0.242 e. The first-order valence-corrected chi connectivity index (χ1v) is 11.8. The summed E-state index contributed by atoms with van der Waals surface area (Å²) in [7, 11) is 0. The molecule has 0 aliphatic carbocycles. The van der Waals surface area contributed by atoms with Gasteiger partial charge < -0.3 is 28.4 Å². The fourth-order valence-corrected chi connectivity index (χ4v) is 4.12. The van der Waals surface area contributed by atoms with Gasteiger partial charge in [0.2, 0.25) is 18.6 Å². The van der Waals surface area contributed by atoms with Crippen LogP contribution in [0.3, 0.4) is 0 Å². The molecular weight excluding hydrogens is 438 g/mol. The lowest BCUT2D eigenvalue weighted by molar-refractivity contribution is -0.141. The standard InChI is InChI=1S/C25H33N3O6/c1-3-24(29)27(9-8-26-10-12-31-13-11-26)17-25(30)28(16-21-6-4-19(2)34-21)15-20-5-7-22-23(14-20)33-18-32-22/h4-7,14H,3,8-13,15-18H2,1-2H3. The van der Waals surface area contributed by atoms with Gasteiger partial charge in [0.15, 0.2) is 11.5 Å². The van der Waals surface area contributed by atoms with Crippen LogP contribution in [0.1, 0.15) is 30.4 Å². The number of benzene rings is 1. The van der Waals surface area contributed by atoms with E-state index in [0.717, 1.165) is 31.0 Å². The molecule has 1 aromatic carbocycles. The third kappa shape index (κ3) is 6.30. The predicted octanol–water partition coefficient (Wildman–Crippen LogP) is 2.42. The zero-order valence-corrected chi connectivity index (χ0v) is 20.0. The summed E-state index contributed by atoms with van der Waals surface area (Å²) in [4.78, 5) is 31.8. The number of fused-ring (bicyclic) bond motifs is 1. The van der Waals surface area contributed by atoms with Gasteiger partial charge in [-0.05, 0) is 36.8 Å². The van der Waals surface area contributed by atoms with Crippen molar-refractivity contribution in [3.05, 3.63) is 47.4 Å². The topological polar surface area (TPSA) is 84.7 Å². The minimum absolute atomic E-state index is 0.0290. The first-order valence-electron chi connectivity index (χ1n) is 11.8. The van der Waals surface area contributed by atoms with E-state index in [1.165, 1.54) is 0 Å². The van der Waals surface area contributed by atoms with Gasteiger partial charge in [0, 0.05) is 39.1 Å². The predicted molar refractivity (Wildman–Crippen MR) is 124 cm³/mol. The number of furan rings is 1. The van der Waals surface area contributed by atoms with Gasteiger partial charge in [-0.3, -0.25) is 14.5 Å². The monoisotopic (exact) mass is 471 g/mol. The maximum atomic E-state index is 13.5. The number of nitrogens with zero attached hydrogens (tertiary/aromatic N) is 3. The number of morpholine rings is 1. The third-order valence-corrected chi connectivity index (χ3v) is 6.08. The Morgan fingerprint density at radius 2 is 1.76 bits per heavy atom. The maximum absolute atomic E-state index is 13.5. The zero-order chi connectivity index (χ0) is 23.9. The van der Waals surface area contributed by atoms with E-state index < -0.39 is 0 Å². The largest absolute Gasteiger partial charge is 0.464 e. The lowest BCUT2D eigenvalue weighted by Gasteiger charge is -2.31. The minimum Gasteiger partial charge on any atom is -0.464 e. The number of carbonyl (C=O) groups is 2. The van der Waals surface area contributed by atoms with Crippen molar-refractivity contribution in [2.75, 3.05) is 52.7 Å². The van der Waals surface area contributed by atoms with E-state index in [2.05, 4.69) is 4.90 Å². The van der Waals surface area contributed by atoms with Crippen molar-refractivity contribution in [3.8, 4) is 11.5 Å². The van der Waals surface area contributed by atoms with Crippen molar-refractivity contribution in [1.82, 2.24) is 14.7 Å². The van der Waals surface area contributed by atoms with Crippen LogP contribution < -0.4 is 9.47 Å². The Hall–Kier alpha value is -3.04. The molecule has 0 saturated carbocycles. The van der Waals surface area contributed by atoms with Crippen LogP contribution in [0, 0.1) is 6.92 Å². The Bertz CT molecular complexity index is 985. The number of hydrogen-bond donors (Lipinski definition) is 0. The number of aryl methyl sites for hydroxylation is 1. The highest BCUT2D eigenvalue weighted by molar-refractivity contribution is 5.84. The van der Waals surface area contributed by atoms with E-state index >= 15 is 0 Å². The van der Waals surface area contributed by atoms with Gasteiger partial charge in [-0.2, -0.15) is 0 Å². The number of rotatable bonds is 10. The van der Waals surface area contributed by atoms with Crippen molar-refractivity contribution >= 4 is 11.8 Å². The molecular formula is C25H33N3O6. The first kappa shape index (κ1) is 24.1. The number of carbonyl (C=O) groups excluding carboxylic acids is 2. The fraction of sp³-hybridized carbons (Fsp3) is 0.520. The van der Waals surface area contributed by atoms with Crippen molar-refractivity contribution in [3.63, 3.8) is 0 Å². The summed E-state index contributed by atoms with van der Waals surface area (Å²) in [6.45, 7) is 8.94. The molecule has 0 N–H and O–H groups in total. The molecule has 184 valence electrons. The van der Waals surface area contributed by atoms with Crippen LogP contribution in [0.15, 0.2) is 34.7 Å². The average Bonchev–Trinajstić information content (AvgIpc) is 3.49. The fourth-order valence-electron chi connectivity index (χ4n) is 4.12. The molecule has 9 heteroatoms. The van der Waals surface area contributed by atoms with E-state index in [9.17, 15) is 9.59 Å². The molecule has 3 heterocycles. The van der Waals surface area contributed by atoms with Gasteiger partial charge in [-0.15, -0.1) is 0 Å². The highest BCUT2D eigenvalue weighted by Gasteiger charge is 2.24. The Labute approximate surface area is 200 Å². The van der Waals surface area contributed by atoms with E-state index in [-0.39, 0.29) is 25.2 Å². The summed E-state index contributed by atoms with van der Waals surface area (Å²) >= 11 is 0. The second-order valence-electron chi connectivity index (χ2n) is 8.57. The molecule has 2 aromatic rings. The first-order chi connectivity index (χ1) is 16.5. The summed E-state index contributed by atoms with van der Waals surface area (Å²) in [5.41, 5.74) is 0.919. The minimum atomic E-state index is -0.129. The smallest absolute Gasteiger partial charge is 0.242 e. The normalized spacial score (nSPS) is 15.4. The van der Waals surface area contributed by atoms with Crippen LogP contribution in [0.2, 0.25) is 0 Å². The third-order valence-electron chi connectivity index (χ3n) is 6.08. The lowest BCUT2D eigenvalue weighted by atomic mass is 10.2. The molecule has 1 fully saturated rings. The van der Waals surface area contributed by atoms with Gasteiger partial charge in [-0.25, -0.2) is 0 Å². The number of hydrogen-bond acceptors (Lipinski definition) is 7. The Kier molecular flexibility index (Phi) is 8.08. The van der Waals surface area contributed by atoms with Gasteiger partial charge in [-0.1, -0.05) is 13.0 Å². The molecule has 2 amide bonds. The summed E-state index contributed by atoms with van der Waals surface area (Å²) in [6, 6.07) is 9.43. The summed E-state index contributed by atoms with van der Waals surface area (Å²) < 4.78 is 22.0. The Balaban J connectivity index is 1.46. The molecule has 0 radical (unpaired) electrons. The second-order valence-corrected chi connectivity index (χ2v) is 8.57. The number of amides is 2. The van der Waals surface area contributed by atoms with Crippen molar-refractivity contribution in [2.45, 2.75) is 33.4 Å². The molecule has 34 heavy (non-hydrogen) atoms. The molecule has 9 nitrogen and oxygen atoms in total. The molecule has 2 aliphatic rings. The van der Waals surface area contributed by atoms with Gasteiger partial charge in [0.05, 0.1) is 26.3 Å². The summed E-state index contributed by atoms with van der Waals surface area (Å²) in [5, 5.41) is 0. The van der Waals surface area contributed by atoms with E-state index in [4.69, 9.17) is 18.6 Å². The van der Waals surface area contributed by atoms with E-state index in [0.29, 0.717) is 56.5 Å². The SMILES string of the molecule is CCC(=O)N(CCN1CCOCC1)CC(=O)N(Cc1ccc2c(c1)OCO2)Cc1ccc(C)o1. The molecule has 0 atom stereocenters. The molecule has 0 spiro atoms. The summed E-state index contributed by atoms with van der Waals surface area (Å²) in [5.74, 6) is 2.71. The highest BCUT2D eigenvalue weighted by Crippen LogP contribution is 2.33. The zero-order valence-electron chi connectivity index (χ0n) is 20.0. The second kappa shape index (κ2) is 11.4. The van der Waals surface area contributed by atoms with Crippen molar-refractivity contribution in [1.29, 1.82) is 0 Å². The van der Waals surface area contributed by atoms with Crippen LogP contribution in [-0.4, -0.2) is 79.2 Å². The lowest BCUT2D eigenvalue weighted by Crippen LogP contribution is -2.46. The molecule has 1 saturated heterocycles. The highest BCUT2D eigenvalue weighted by atomic mass is 16.7. The Morgan fingerprint density at radius 1 is 0.971 bits per heavy atom. The van der Waals surface area contributed by atoms with Crippen LogP contribution in [0.5, 0.6) is 11.5 Å². The number of ether oxygens (including phenoxy) is 3. The van der Waals surface area contributed by atoms with E-state index in [1.807, 2.05) is 44.2 Å². The van der Waals surface area contributed by atoms with Gasteiger partial charge in [0.1, 0.15) is 11.5 Å². The summed E-state index contributed by atoms with van der Waals surface area (Å²) in [6.07, 6.45) is 0.357. The van der Waals surface area contributed by atoms with Gasteiger partial charge in [0.25, 0.3) is 0 Å². The average molecular weight is 472 g/mol. The van der Waals surface area contributed by atoms with Crippen molar-refractivity contribution in [2.24, 2.45) is 0 Å². The molecule has 4 rings (SSSR count). The van der Waals surface area contributed by atoms with E-state index in [1.54, 1.807) is 9.80 Å². The molecule has 0 unspecified atom stereocenters. The van der Waals surface area contributed by atoms with Crippen molar-refractivity contribution < 1.29 is 28.2 Å². The molecule has 0 bridgehead atoms. The van der Waals surface area contributed by atoms with Crippen LogP contribution in [-0.2, 0) is 27.4 Å². The Morgan fingerprint density at radius 3 is 2.50 bits per heavy atom. The molecule has 1 aromatic heterocycles. The quantitative estimate of drug-likeness (QED) is 0.526. The molecule has 2 aliphatic heterocycles. The van der Waals surface area contributed by atoms with Crippen LogP contribution in [0.4, 0.5) is 0 Å². The van der Waals surface area contributed by atoms with Crippen LogP contribution in [0.25, 0.3) is 0 Å². The van der Waals surface area contributed by atoms with Crippen LogP contribution >= 0.6 is 0 Å². The van der Waals surface area contributed by atoms with Gasteiger partial charge >= 0.3 is 0 Å².